The lowest BCUT2D eigenvalue weighted by Gasteiger charge is -2.31. The average Bonchev–Trinajstić information content (AvgIpc) is 2.73. The monoisotopic (exact) mass is 397 g/mol. The third-order valence-electron chi connectivity index (χ3n) is 5.20. The molecule has 0 N–H and O–H groups in total. The van der Waals surface area contributed by atoms with Crippen molar-refractivity contribution in [1.82, 2.24) is 14.3 Å². The fourth-order valence-electron chi connectivity index (χ4n) is 3.56. The predicted octanol–water partition coefficient (Wildman–Crippen LogP) is 3.42. The summed E-state index contributed by atoms with van der Waals surface area (Å²) in [6, 6.07) is 12.8. The molecule has 1 fully saturated rings. The molecule has 0 atom stereocenters. The van der Waals surface area contributed by atoms with Crippen LogP contribution in [0.5, 0.6) is 5.88 Å². The van der Waals surface area contributed by atoms with Gasteiger partial charge in [0.25, 0.3) is 0 Å². The standard InChI is InChI=1S/C21H23N3O3S/c1-16-5-3-12-23-21(16)27-15-17-9-13-24(14-10-17)28(25,26)19-8-2-6-18-7-4-11-22-20(18)19/h2-8,11-12,17H,9-10,13-15H2,1H3. The van der Waals surface area contributed by atoms with Crippen molar-refractivity contribution in [3.05, 3.63) is 60.4 Å². The fourth-order valence-corrected chi connectivity index (χ4v) is 5.19. The van der Waals surface area contributed by atoms with Crippen LogP contribution in [0, 0.1) is 12.8 Å². The topological polar surface area (TPSA) is 72.4 Å². The second-order valence-electron chi connectivity index (χ2n) is 7.12. The molecule has 28 heavy (non-hydrogen) atoms. The maximum Gasteiger partial charge on any atom is 0.245 e. The van der Waals surface area contributed by atoms with Crippen LogP contribution < -0.4 is 4.74 Å². The van der Waals surface area contributed by atoms with Gasteiger partial charge in [-0.25, -0.2) is 13.4 Å². The maximum atomic E-state index is 13.2. The molecule has 0 amide bonds. The number of hydrogen-bond acceptors (Lipinski definition) is 5. The lowest BCUT2D eigenvalue weighted by molar-refractivity contribution is 0.180. The van der Waals surface area contributed by atoms with Crippen molar-refractivity contribution in [1.29, 1.82) is 0 Å². The third-order valence-corrected chi connectivity index (χ3v) is 7.13. The number of hydrogen-bond donors (Lipinski definition) is 0. The van der Waals surface area contributed by atoms with E-state index in [0.717, 1.165) is 23.8 Å². The largest absolute Gasteiger partial charge is 0.477 e. The van der Waals surface area contributed by atoms with E-state index in [1.165, 1.54) is 0 Å². The lowest BCUT2D eigenvalue weighted by Crippen LogP contribution is -2.39. The first-order valence-electron chi connectivity index (χ1n) is 9.44. The number of pyridine rings is 2. The third kappa shape index (κ3) is 3.72. The number of benzene rings is 1. The van der Waals surface area contributed by atoms with E-state index in [0.29, 0.717) is 37.0 Å². The molecule has 3 aromatic rings. The van der Waals surface area contributed by atoms with Crippen molar-refractivity contribution in [3.63, 3.8) is 0 Å². The molecule has 7 heteroatoms. The van der Waals surface area contributed by atoms with Gasteiger partial charge in [0, 0.05) is 36.4 Å². The summed E-state index contributed by atoms with van der Waals surface area (Å²) in [5, 5.41) is 0.831. The Morgan fingerprint density at radius 3 is 2.54 bits per heavy atom. The van der Waals surface area contributed by atoms with Gasteiger partial charge in [-0.3, -0.25) is 4.98 Å². The quantitative estimate of drug-likeness (QED) is 0.660. The smallest absolute Gasteiger partial charge is 0.245 e. The van der Waals surface area contributed by atoms with Gasteiger partial charge in [-0.1, -0.05) is 24.3 Å². The number of rotatable bonds is 5. The van der Waals surface area contributed by atoms with Crippen LogP contribution >= 0.6 is 0 Å². The molecule has 6 nitrogen and oxygen atoms in total. The van der Waals surface area contributed by atoms with Gasteiger partial charge < -0.3 is 4.74 Å². The van der Waals surface area contributed by atoms with Crippen LogP contribution in [-0.4, -0.2) is 42.4 Å². The lowest BCUT2D eigenvalue weighted by atomic mass is 9.99. The SMILES string of the molecule is Cc1cccnc1OCC1CCN(S(=O)(=O)c2cccc3cccnc23)CC1. The number of piperidine rings is 1. The number of para-hydroxylation sites is 1. The molecule has 0 aliphatic carbocycles. The number of fused-ring (bicyclic) bond motifs is 1. The first-order chi connectivity index (χ1) is 13.6. The Morgan fingerprint density at radius 1 is 1.04 bits per heavy atom. The van der Waals surface area contributed by atoms with Crippen molar-refractivity contribution < 1.29 is 13.2 Å². The van der Waals surface area contributed by atoms with E-state index in [9.17, 15) is 8.42 Å². The van der Waals surface area contributed by atoms with Crippen molar-refractivity contribution >= 4 is 20.9 Å². The highest BCUT2D eigenvalue weighted by atomic mass is 32.2. The highest BCUT2D eigenvalue weighted by molar-refractivity contribution is 7.89. The van der Waals surface area contributed by atoms with Crippen molar-refractivity contribution in [2.75, 3.05) is 19.7 Å². The Balaban J connectivity index is 1.43. The summed E-state index contributed by atoms with van der Waals surface area (Å²) in [5.74, 6) is 0.970. The summed E-state index contributed by atoms with van der Waals surface area (Å²) in [6.45, 7) is 3.50. The molecule has 0 spiro atoms. The number of ether oxygens (including phenoxy) is 1. The predicted molar refractivity (Wildman–Crippen MR) is 108 cm³/mol. The zero-order chi connectivity index (χ0) is 19.6. The zero-order valence-corrected chi connectivity index (χ0v) is 16.6. The molecule has 4 rings (SSSR count). The van der Waals surface area contributed by atoms with Gasteiger partial charge in [-0.15, -0.1) is 0 Å². The summed E-state index contributed by atoms with van der Waals surface area (Å²) in [4.78, 5) is 8.83. The van der Waals surface area contributed by atoms with Crippen molar-refractivity contribution in [2.24, 2.45) is 5.92 Å². The van der Waals surface area contributed by atoms with E-state index in [-0.39, 0.29) is 4.90 Å². The van der Waals surface area contributed by atoms with Crippen LogP contribution in [0.25, 0.3) is 10.9 Å². The zero-order valence-electron chi connectivity index (χ0n) is 15.8. The minimum absolute atomic E-state index is 0.282. The van der Waals surface area contributed by atoms with Gasteiger partial charge >= 0.3 is 0 Å². The fraction of sp³-hybridized carbons (Fsp3) is 0.333. The van der Waals surface area contributed by atoms with Gasteiger partial charge in [-0.05, 0) is 43.9 Å². The molecule has 1 aliphatic rings. The Bertz CT molecular complexity index is 1070. The highest BCUT2D eigenvalue weighted by Crippen LogP contribution is 2.28. The molecular formula is C21H23N3O3S. The maximum absolute atomic E-state index is 13.2. The molecule has 1 saturated heterocycles. The molecule has 0 radical (unpaired) electrons. The minimum atomic E-state index is -3.57. The van der Waals surface area contributed by atoms with Crippen LogP contribution in [-0.2, 0) is 10.0 Å². The first kappa shape index (κ1) is 18.8. The van der Waals surface area contributed by atoms with Crippen molar-refractivity contribution in [2.45, 2.75) is 24.7 Å². The van der Waals surface area contributed by atoms with Gasteiger partial charge in [0.15, 0.2) is 0 Å². The number of nitrogens with zero attached hydrogens (tertiary/aromatic N) is 3. The summed E-state index contributed by atoms with van der Waals surface area (Å²) in [6.07, 6.45) is 4.88. The van der Waals surface area contributed by atoms with E-state index in [2.05, 4.69) is 9.97 Å². The molecule has 0 unspecified atom stereocenters. The van der Waals surface area contributed by atoms with E-state index in [1.54, 1.807) is 28.8 Å². The molecule has 1 aliphatic heterocycles. The van der Waals surface area contributed by atoms with Crippen LogP contribution in [0.4, 0.5) is 0 Å². The van der Waals surface area contributed by atoms with E-state index in [4.69, 9.17) is 4.74 Å². The Kier molecular flexibility index (Phi) is 5.28. The van der Waals surface area contributed by atoms with Crippen LogP contribution in [0.15, 0.2) is 59.8 Å². The second kappa shape index (κ2) is 7.85. The molecule has 2 aromatic heterocycles. The molecule has 0 bridgehead atoms. The molecule has 146 valence electrons. The van der Waals surface area contributed by atoms with Crippen LogP contribution in [0.2, 0.25) is 0 Å². The summed E-state index contributed by atoms with van der Waals surface area (Å²) in [7, 11) is -3.57. The number of sulfonamides is 1. The highest BCUT2D eigenvalue weighted by Gasteiger charge is 2.31. The van der Waals surface area contributed by atoms with Crippen LogP contribution in [0.3, 0.4) is 0 Å². The van der Waals surface area contributed by atoms with E-state index < -0.39 is 10.0 Å². The Morgan fingerprint density at radius 2 is 1.75 bits per heavy atom. The minimum Gasteiger partial charge on any atom is -0.477 e. The Hall–Kier alpha value is -2.51. The molecule has 0 saturated carbocycles. The first-order valence-corrected chi connectivity index (χ1v) is 10.9. The molecule has 3 heterocycles. The number of aromatic nitrogens is 2. The van der Waals surface area contributed by atoms with Crippen LogP contribution in [0.1, 0.15) is 18.4 Å². The average molecular weight is 398 g/mol. The van der Waals surface area contributed by atoms with Gasteiger partial charge in [0.05, 0.1) is 12.1 Å². The normalized spacial score (nSPS) is 16.3. The van der Waals surface area contributed by atoms with Gasteiger partial charge in [0.2, 0.25) is 15.9 Å². The molecular weight excluding hydrogens is 374 g/mol. The van der Waals surface area contributed by atoms with E-state index in [1.807, 2.05) is 37.3 Å². The summed E-state index contributed by atoms with van der Waals surface area (Å²) >= 11 is 0. The second-order valence-corrected chi connectivity index (χ2v) is 9.02. The molecule has 1 aromatic carbocycles. The number of aryl methyl sites for hydroxylation is 1. The van der Waals surface area contributed by atoms with Gasteiger partial charge in [0.1, 0.15) is 4.90 Å². The summed E-state index contributed by atoms with van der Waals surface area (Å²) in [5.41, 5.74) is 1.53. The van der Waals surface area contributed by atoms with Crippen molar-refractivity contribution in [3.8, 4) is 5.88 Å². The Labute approximate surface area is 165 Å². The van der Waals surface area contributed by atoms with Gasteiger partial charge in [-0.2, -0.15) is 4.31 Å². The summed E-state index contributed by atoms with van der Waals surface area (Å²) < 4.78 is 33.8. The van der Waals surface area contributed by atoms with E-state index >= 15 is 0 Å².